The number of amidine groups is 1. The maximum Gasteiger partial charge on any atom is 0.247 e. The fraction of sp³-hybridized carbons (Fsp3) is 0.462. The topological polar surface area (TPSA) is 143 Å². The minimum atomic E-state index is -1.21. The second kappa shape index (κ2) is 11.0. The van der Waals surface area contributed by atoms with E-state index in [1.807, 2.05) is 12.1 Å². The van der Waals surface area contributed by atoms with E-state index < -0.39 is 12.0 Å². The third kappa shape index (κ3) is 5.55. The number of furan rings is 1. The van der Waals surface area contributed by atoms with Crippen molar-refractivity contribution in [1.82, 2.24) is 9.80 Å². The molecular formula is C26H28N6O4. The molecule has 2 saturated heterocycles. The zero-order chi connectivity index (χ0) is 25.7. The molecule has 0 aliphatic carbocycles. The van der Waals surface area contributed by atoms with Crippen LogP contribution >= 0.6 is 0 Å². The third-order valence-corrected chi connectivity index (χ3v) is 6.50. The van der Waals surface area contributed by atoms with Crippen molar-refractivity contribution in [2.45, 2.75) is 45.1 Å². The van der Waals surface area contributed by atoms with E-state index in [9.17, 15) is 24.9 Å². The Morgan fingerprint density at radius 2 is 1.86 bits per heavy atom. The summed E-state index contributed by atoms with van der Waals surface area (Å²) in [5.41, 5.74) is 1.06. The summed E-state index contributed by atoms with van der Waals surface area (Å²) in [5, 5.41) is 22.8. The van der Waals surface area contributed by atoms with Crippen molar-refractivity contribution in [2.24, 2.45) is 10.9 Å². The van der Waals surface area contributed by atoms with E-state index >= 15 is 0 Å². The average Bonchev–Trinajstić information content (AvgIpc) is 3.52. The number of carbonyl (C=O) groups excluding carboxylic acids is 3. The summed E-state index contributed by atoms with van der Waals surface area (Å²) in [6.07, 6.45) is 3.91. The van der Waals surface area contributed by atoms with Crippen LogP contribution in [0.15, 0.2) is 33.7 Å². The van der Waals surface area contributed by atoms with Crippen molar-refractivity contribution in [3.63, 3.8) is 0 Å². The number of fused-ring (bicyclic) bond motifs is 1. The number of ketones is 1. The van der Waals surface area contributed by atoms with Crippen molar-refractivity contribution in [2.75, 3.05) is 31.5 Å². The monoisotopic (exact) mass is 488 g/mol. The van der Waals surface area contributed by atoms with Crippen LogP contribution in [0.4, 0.5) is 5.69 Å². The van der Waals surface area contributed by atoms with Gasteiger partial charge in [-0.05, 0) is 56.4 Å². The first-order valence-corrected chi connectivity index (χ1v) is 12.1. The summed E-state index contributed by atoms with van der Waals surface area (Å²) in [6, 6.07) is 9.76. The van der Waals surface area contributed by atoms with E-state index in [1.54, 1.807) is 34.1 Å². The van der Waals surface area contributed by atoms with Gasteiger partial charge in [0.15, 0.2) is 17.5 Å². The van der Waals surface area contributed by atoms with Gasteiger partial charge < -0.3 is 19.5 Å². The summed E-state index contributed by atoms with van der Waals surface area (Å²) in [6.45, 7) is 3.35. The number of rotatable bonds is 6. The molecule has 2 aliphatic heterocycles. The zero-order valence-corrected chi connectivity index (χ0v) is 20.2. The predicted octanol–water partition coefficient (Wildman–Crippen LogP) is 3.11. The highest BCUT2D eigenvalue weighted by Gasteiger charge is 2.31. The van der Waals surface area contributed by atoms with Gasteiger partial charge in [0.25, 0.3) is 0 Å². The number of likely N-dealkylation sites (tertiary alicyclic amines) is 2. The Hall–Kier alpha value is -4.18. The van der Waals surface area contributed by atoms with Crippen molar-refractivity contribution in [3.8, 4) is 12.1 Å². The number of hydrogen-bond acceptors (Lipinski definition) is 7. The number of nitrogens with one attached hydrogen (secondary N) is 1. The lowest BCUT2D eigenvalue weighted by atomic mass is 10.1. The van der Waals surface area contributed by atoms with E-state index in [4.69, 9.17) is 4.42 Å². The number of benzene rings is 1. The van der Waals surface area contributed by atoms with Crippen LogP contribution < -0.4 is 5.32 Å². The maximum atomic E-state index is 13.3. The molecule has 1 aromatic carbocycles. The van der Waals surface area contributed by atoms with Crippen molar-refractivity contribution in [3.05, 3.63) is 30.0 Å². The van der Waals surface area contributed by atoms with E-state index in [1.165, 1.54) is 6.92 Å². The number of aliphatic imine (C=N–C) groups is 1. The number of amides is 2. The Kier molecular flexibility index (Phi) is 7.65. The second-order valence-corrected chi connectivity index (χ2v) is 9.11. The second-order valence-electron chi connectivity index (χ2n) is 9.11. The predicted molar refractivity (Wildman–Crippen MR) is 132 cm³/mol. The van der Waals surface area contributed by atoms with Crippen molar-refractivity contribution < 1.29 is 18.8 Å². The number of nitrogens with zero attached hydrogens (tertiary/aromatic N) is 5. The molecule has 2 amide bonds. The molecule has 0 saturated carbocycles. The van der Waals surface area contributed by atoms with Gasteiger partial charge in [-0.1, -0.05) is 0 Å². The quantitative estimate of drug-likeness (QED) is 0.374. The number of carbonyl (C=O) groups is 3. The molecule has 2 fully saturated rings. The van der Waals surface area contributed by atoms with Gasteiger partial charge in [0.1, 0.15) is 17.5 Å². The van der Waals surface area contributed by atoms with Gasteiger partial charge in [0.05, 0.1) is 18.7 Å². The van der Waals surface area contributed by atoms with Gasteiger partial charge in [-0.2, -0.15) is 10.5 Å². The molecule has 0 unspecified atom stereocenters. The first-order valence-electron chi connectivity index (χ1n) is 12.1. The largest absolute Gasteiger partial charge is 0.453 e. The molecule has 36 heavy (non-hydrogen) atoms. The van der Waals surface area contributed by atoms with Crippen molar-refractivity contribution in [1.29, 1.82) is 10.5 Å². The molecule has 10 heteroatoms. The van der Waals surface area contributed by atoms with Crippen LogP contribution in [0.25, 0.3) is 11.0 Å². The van der Waals surface area contributed by atoms with Gasteiger partial charge in [0.2, 0.25) is 11.8 Å². The van der Waals surface area contributed by atoms with Crippen LogP contribution in [-0.2, 0) is 9.59 Å². The molecule has 2 aliphatic rings. The van der Waals surface area contributed by atoms with Crippen LogP contribution in [0.2, 0.25) is 0 Å². The molecule has 1 N–H and O–H groups in total. The van der Waals surface area contributed by atoms with E-state index in [0.29, 0.717) is 29.6 Å². The number of nitriles is 2. The van der Waals surface area contributed by atoms with Crippen LogP contribution in [0.1, 0.15) is 49.6 Å². The summed E-state index contributed by atoms with van der Waals surface area (Å²) in [4.78, 5) is 45.5. The Balaban J connectivity index is 1.58. The summed E-state index contributed by atoms with van der Waals surface area (Å²) >= 11 is 0. The molecule has 1 atom stereocenters. The van der Waals surface area contributed by atoms with E-state index in [0.717, 1.165) is 38.8 Å². The molecule has 0 spiro atoms. The maximum absolute atomic E-state index is 13.3. The fourth-order valence-corrected chi connectivity index (χ4v) is 4.53. The van der Waals surface area contributed by atoms with Crippen LogP contribution in [0.5, 0.6) is 0 Å². The minimum absolute atomic E-state index is 0.0170. The van der Waals surface area contributed by atoms with Gasteiger partial charge in [0, 0.05) is 37.6 Å². The molecule has 0 radical (unpaired) electrons. The lowest BCUT2D eigenvalue weighted by Gasteiger charge is -2.25. The van der Waals surface area contributed by atoms with Gasteiger partial charge in [-0.3, -0.25) is 19.4 Å². The smallest absolute Gasteiger partial charge is 0.247 e. The summed E-state index contributed by atoms with van der Waals surface area (Å²) < 4.78 is 5.52. The highest BCUT2D eigenvalue weighted by atomic mass is 16.3. The van der Waals surface area contributed by atoms with Crippen LogP contribution in [0, 0.1) is 28.6 Å². The lowest BCUT2D eigenvalue weighted by molar-refractivity contribution is -0.140. The number of hydrogen-bond donors (Lipinski definition) is 1. The Labute approximate surface area is 209 Å². The first kappa shape index (κ1) is 24.9. The Bertz CT molecular complexity index is 1260. The van der Waals surface area contributed by atoms with Crippen LogP contribution in [0.3, 0.4) is 0 Å². The lowest BCUT2D eigenvalue weighted by Crippen LogP contribution is -2.45. The highest BCUT2D eigenvalue weighted by Crippen LogP contribution is 2.24. The fourth-order valence-electron chi connectivity index (χ4n) is 4.53. The van der Waals surface area contributed by atoms with Gasteiger partial charge in [-0.15, -0.1) is 0 Å². The minimum Gasteiger partial charge on any atom is -0.453 e. The number of Topliss-reactive ketones (excluding diaryl/α,β-unsaturated/α-hetero) is 1. The van der Waals surface area contributed by atoms with Gasteiger partial charge >= 0.3 is 0 Å². The summed E-state index contributed by atoms with van der Waals surface area (Å²) in [7, 11) is 0. The van der Waals surface area contributed by atoms with E-state index in [2.05, 4.69) is 10.3 Å². The van der Waals surface area contributed by atoms with Gasteiger partial charge in [-0.25, -0.2) is 0 Å². The molecule has 0 bridgehead atoms. The summed E-state index contributed by atoms with van der Waals surface area (Å²) in [5.74, 6) is -1.44. The van der Waals surface area contributed by atoms with E-state index in [-0.39, 0.29) is 35.7 Å². The number of anilines is 1. The SMILES string of the molecule is CC(=O)c1cc2cc(NC(=N[C@H]3CCCCN(CC(=O)N4CCCC4)C3=O)C(C#N)C#N)ccc2o1. The molecule has 2 aromatic rings. The van der Waals surface area contributed by atoms with Crippen LogP contribution in [-0.4, -0.2) is 65.5 Å². The molecule has 3 heterocycles. The normalized spacial score (nSPS) is 18.7. The molecule has 10 nitrogen and oxygen atoms in total. The first-order chi connectivity index (χ1) is 17.4. The molecule has 4 rings (SSSR count). The third-order valence-electron chi connectivity index (χ3n) is 6.50. The Morgan fingerprint density at radius 3 is 2.56 bits per heavy atom. The Morgan fingerprint density at radius 1 is 1.14 bits per heavy atom. The average molecular weight is 489 g/mol. The molecule has 186 valence electrons. The molecule has 1 aromatic heterocycles. The standard InChI is InChI=1S/C26H28N6O4/c1-17(33)23-13-18-12-20(7-8-22(18)36-23)29-25(19(14-27)15-28)30-21-6-2-3-11-32(26(21)35)16-24(34)31-9-4-5-10-31/h7-8,12-13,19,21H,2-6,9-11,16H2,1H3,(H,29,30)/t21-/m0/s1. The highest BCUT2D eigenvalue weighted by molar-refractivity contribution is 6.03. The zero-order valence-electron chi connectivity index (χ0n) is 20.2. The van der Waals surface area contributed by atoms with Crippen molar-refractivity contribution >= 4 is 40.1 Å². The molecular weight excluding hydrogens is 460 g/mol.